The van der Waals surface area contributed by atoms with Crippen molar-refractivity contribution in [3.8, 4) is 22.8 Å². The Hall–Kier alpha value is -3.35. The third-order valence-electron chi connectivity index (χ3n) is 3.80. The number of aromatic nitrogens is 2. The summed E-state index contributed by atoms with van der Waals surface area (Å²) >= 11 is 0. The van der Waals surface area contributed by atoms with E-state index in [2.05, 4.69) is 15.6 Å². The van der Waals surface area contributed by atoms with E-state index in [-0.39, 0.29) is 11.7 Å². The standard InChI is InChI=1S/C19H19N3O4/c1-4-25-15-7-5-6-14(11-15)19(23)20-18-17(21-26-22-18)13-8-9-16(24-3)12(2)10-13/h5-11H,4H2,1-3H3,(H,20,22,23). The molecule has 1 N–H and O–H groups in total. The van der Waals surface area contributed by atoms with Crippen LogP contribution in [0, 0.1) is 6.92 Å². The third kappa shape index (κ3) is 3.66. The van der Waals surface area contributed by atoms with Gasteiger partial charge in [0.25, 0.3) is 5.91 Å². The largest absolute Gasteiger partial charge is 0.496 e. The highest BCUT2D eigenvalue weighted by atomic mass is 16.6. The molecular weight excluding hydrogens is 334 g/mol. The van der Waals surface area contributed by atoms with Crippen LogP contribution in [0.4, 0.5) is 5.82 Å². The molecule has 0 saturated heterocycles. The number of carbonyl (C=O) groups excluding carboxylic acids is 1. The van der Waals surface area contributed by atoms with E-state index in [0.717, 1.165) is 16.9 Å². The van der Waals surface area contributed by atoms with Gasteiger partial charge in [0.2, 0.25) is 5.82 Å². The number of aryl methyl sites for hydroxylation is 1. The molecule has 1 amide bonds. The van der Waals surface area contributed by atoms with Crippen LogP contribution in [0.25, 0.3) is 11.3 Å². The SMILES string of the molecule is CCOc1cccc(C(=O)Nc2nonc2-c2ccc(OC)c(C)c2)c1. The maximum atomic E-state index is 12.5. The summed E-state index contributed by atoms with van der Waals surface area (Å²) in [6.45, 7) is 4.34. The molecule has 7 nitrogen and oxygen atoms in total. The molecule has 0 bridgehead atoms. The molecule has 0 fully saturated rings. The number of nitrogens with one attached hydrogen (secondary N) is 1. The minimum atomic E-state index is -0.325. The summed E-state index contributed by atoms with van der Waals surface area (Å²) in [7, 11) is 1.61. The van der Waals surface area contributed by atoms with Gasteiger partial charge in [0.05, 0.1) is 13.7 Å². The lowest BCUT2D eigenvalue weighted by atomic mass is 10.1. The molecule has 0 atom stereocenters. The number of anilines is 1. The zero-order chi connectivity index (χ0) is 18.5. The second-order valence-electron chi connectivity index (χ2n) is 5.56. The Balaban J connectivity index is 1.84. The van der Waals surface area contributed by atoms with Crippen molar-refractivity contribution < 1.29 is 18.9 Å². The third-order valence-corrected chi connectivity index (χ3v) is 3.80. The summed E-state index contributed by atoms with van der Waals surface area (Å²) in [5.74, 6) is 1.32. The normalized spacial score (nSPS) is 10.4. The summed E-state index contributed by atoms with van der Waals surface area (Å²) in [5.41, 5.74) is 2.61. The monoisotopic (exact) mass is 353 g/mol. The van der Waals surface area contributed by atoms with Gasteiger partial charge >= 0.3 is 0 Å². The molecule has 0 radical (unpaired) electrons. The van der Waals surface area contributed by atoms with Crippen molar-refractivity contribution >= 4 is 11.7 Å². The lowest BCUT2D eigenvalue weighted by Crippen LogP contribution is -2.13. The van der Waals surface area contributed by atoms with Gasteiger partial charge < -0.3 is 14.8 Å². The number of hydrogen-bond donors (Lipinski definition) is 1. The van der Waals surface area contributed by atoms with Crippen molar-refractivity contribution in [1.29, 1.82) is 0 Å². The zero-order valence-electron chi connectivity index (χ0n) is 14.8. The van der Waals surface area contributed by atoms with Crippen molar-refractivity contribution in [2.24, 2.45) is 0 Å². The van der Waals surface area contributed by atoms with E-state index in [1.807, 2.05) is 32.0 Å². The number of methoxy groups -OCH3 is 1. The number of nitrogens with zero attached hydrogens (tertiary/aromatic N) is 2. The van der Waals surface area contributed by atoms with Crippen LogP contribution in [-0.2, 0) is 0 Å². The van der Waals surface area contributed by atoms with Crippen molar-refractivity contribution in [1.82, 2.24) is 10.3 Å². The van der Waals surface area contributed by atoms with Crippen LogP contribution in [0.15, 0.2) is 47.1 Å². The van der Waals surface area contributed by atoms with Crippen LogP contribution >= 0.6 is 0 Å². The quantitative estimate of drug-likeness (QED) is 0.727. The number of rotatable bonds is 6. The van der Waals surface area contributed by atoms with Gasteiger partial charge in [-0.3, -0.25) is 4.79 Å². The maximum absolute atomic E-state index is 12.5. The number of ether oxygens (including phenoxy) is 2. The van der Waals surface area contributed by atoms with E-state index in [4.69, 9.17) is 14.1 Å². The molecule has 26 heavy (non-hydrogen) atoms. The van der Waals surface area contributed by atoms with E-state index >= 15 is 0 Å². The highest BCUT2D eigenvalue weighted by Crippen LogP contribution is 2.29. The first-order valence-electron chi connectivity index (χ1n) is 8.14. The fraction of sp³-hybridized carbons (Fsp3) is 0.211. The first-order chi connectivity index (χ1) is 12.6. The second kappa shape index (κ2) is 7.69. The number of benzene rings is 2. The van der Waals surface area contributed by atoms with Crippen molar-refractivity contribution in [3.05, 3.63) is 53.6 Å². The van der Waals surface area contributed by atoms with Gasteiger partial charge in [-0.25, -0.2) is 4.63 Å². The second-order valence-corrected chi connectivity index (χ2v) is 5.56. The Morgan fingerprint density at radius 1 is 1.19 bits per heavy atom. The summed E-state index contributed by atoms with van der Waals surface area (Å²) in [5, 5.41) is 10.4. The van der Waals surface area contributed by atoms with Crippen molar-refractivity contribution in [3.63, 3.8) is 0 Å². The number of hydrogen-bond acceptors (Lipinski definition) is 6. The van der Waals surface area contributed by atoms with Gasteiger partial charge in [-0.1, -0.05) is 6.07 Å². The van der Waals surface area contributed by atoms with E-state index in [1.165, 1.54) is 0 Å². The topological polar surface area (TPSA) is 86.5 Å². The van der Waals surface area contributed by atoms with Crippen LogP contribution < -0.4 is 14.8 Å². The highest BCUT2D eigenvalue weighted by molar-refractivity contribution is 6.05. The first kappa shape index (κ1) is 17.5. The maximum Gasteiger partial charge on any atom is 0.257 e. The molecule has 7 heteroatoms. The van der Waals surface area contributed by atoms with Crippen LogP contribution in [0.5, 0.6) is 11.5 Å². The lowest BCUT2D eigenvalue weighted by molar-refractivity contribution is 0.102. The van der Waals surface area contributed by atoms with Crippen molar-refractivity contribution in [2.45, 2.75) is 13.8 Å². The molecule has 0 saturated carbocycles. The van der Waals surface area contributed by atoms with E-state index in [9.17, 15) is 4.79 Å². The molecule has 3 rings (SSSR count). The van der Waals surface area contributed by atoms with Gasteiger partial charge in [-0.2, -0.15) is 0 Å². The van der Waals surface area contributed by atoms with Gasteiger partial charge in [0.15, 0.2) is 5.69 Å². The minimum Gasteiger partial charge on any atom is -0.496 e. The van der Waals surface area contributed by atoms with E-state index < -0.39 is 0 Å². The molecule has 0 aliphatic rings. The molecule has 2 aromatic carbocycles. The van der Waals surface area contributed by atoms with Gasteiger partial charge in [-0.15, -0.1) is 0 Å². The Kier molecular flexibility index (Phi) is 5.17. The molecule has 0 spiro atoms. The van der Waals surface area contributed by atoms with Crippen molar-refractivity contribution in [2.75, 3.05) is 19.0 Å². The van der Waals surface area contributed by atoms with Gasteiger partial charge in [0, 0.05) is 11.1 Å². The average molecular weight is 353 g/mol. The molecule has 0 aliphatic carbocycles. The van der Waals surface area contributed by atoms with Crippen LogP contribution in [0.1, 0.15) is 22.8 Å². The Morgan fingerprint density at radius 2 is 2.04 bits per heavy atom. The molecule has 0 unspecified atom stereocenters. The fourth-order valence-corrected chi connectivity index (χ4v) is 2.56. The molecule has 1 heterocycles. The van der Waals surface area contributed by atoms with E-state index in [1.54, 1.807) is 31.4 Å². The molecule has 0 aliphatic heterocycles. The van der Waals surface area contributed by atoms with Gasteiger partial charge in [-0.05, 0) is 66.1 Å². The lowest BCUT2D eigenvalue weighted by Gasteiger charge is -2.08. The molecule has 1 aromatic heterocycles. The van der Waals surface area contributed by atoms with Crippen LogP contribution in [0.3, 0.4) is 0 Å². The Morgan fingerprint density at radius 3 is 2.77 bits per heavy atom. The summed E-state index contributed by atoms with van der Waals surface area (Å²) in [6, 6.07) is 12.5. The number of carbonyl (C=O) groups is 1. The molecular formula is C19H19N3O4. The van der Waals surface area contributed by atoms with Crippen LogP contribution in [0.2, 0.25) is 0 Å². The Labute approximate surface area is 150 Å². The molecule has 3 aromatic rings. The Bertz CT molecular complexity index is 921. The first-order valence-corrected chi connectivity index (χ1v) is 8.14. The average Bonchev–Trinajstić information content (AvgIpc) is 3.10. The predicted molar refractivity (Wildman–Crippen MR) is 96.6 cm³/mol. The zero-order valence-corrected chi connectivity index (χ0v) is 14.8. The van der Waals surface area contributed by atoms with Crippen LogP contribution in [-0.4, -0.2) is 29.9 Å². The van der Waals surface area contributed by atoms with Gasteiger partial charge in [0.1, 0.15) is 11.5 Å². The fourth-order valence-electron chi connectivity index (χ4n) is 2.56. The summed E-state index contributed by atoms with van der Waals surface area (Å²) in [4.78, 5) is 12.5. The highest BCUT2D eigenvalue weighted by Gasteiger charge is 2.17. The number of amides is 1. The smallest absolute Gasteiger partial charge is 0.257 e. The summed E-state index contributed by atoms with van der Waals surface area (Å²) in [6.07, 6.45) is 0. The molecule has 134 valence electrons. The summed E-state index contributed by atoms with van der Waals surface area (Å²) < 4.78 is 15.5. The predicted octanol–water partition coefficient (Wildman–Crippen LogP) is 3.70. The van der Waals surface area contributed by atoms with E-state index in [0.29, 0.717) is 23.6 Å². The minimum absolute atomic E-state index is 0.251.